The number of hydrogen-bond donors (Lipinski definition) is 1. The van der Waals surface area contributed by atoms with E-state index in [1.807, 2.05) is 6.92 Å². The van der Waals surface area contributed by atoms with Crippen LogP contribution >= 0.6 is 0 Å². The summed E-state index contributed by atoms with van der Waals surface area (Å²) in [5.74, 6) is 0. The van der Waals surface area contributed by atoms with Gasteiger partial charge in [-0.1, -0.05) is 5.23 Å². The Labute approximate surface area is 43.7 Å². The van der Waals surface area contributed by atoms with E-state index >= 15 is 0 Å². The highest BCUT2D eigenvalue weighted by molar-refractivity contribution is 3.86. The van der Waals surface area contributed by atoms with E-state index in [4.69, 9.17) is 9.68 Å². The Balaban J connectivity index is 2.99. The molecule has 0 fully saturated rings. The first-order valence-corrected chi connectivity index (χ1v) is 2.29. The van der Waals surface area contributed by atoms with E-state index in [9.17, 15) is 0 Å². The van der Waals surface area contributed by atoms with Crippen molar-refractivity contribution in [3.8, 4) is 0 Å². The predicted molar refractivity (Wildman–Crippen MR) is 25.5 cm³/mol. The summed E-state index contributed by atoms with van der Waals surface area (Å²) in [6, 6.07) is 0. The van der Waals surface area contributed by atoms with Crippen LogP contribution < -0.4 is 5.23 Å². The lowest BCUT2D eigenvalue weighted by Crippen LogP contribution is -3.09. The van der Waals surface area contributed by atoms with Gasteiger partial charge in [0.05, 0.1) is 14.2 Å². The van der Waals surface area contributed by atoms with Crippen molar-refractivity contribution >= 4 is 0 Å². The highest BCUT2D eigenvalue weighted by Gasteiger charge is 1.96. The molecule has 0 aliphatic carbocycles. The van der Waals surface area contributed by atoms with Gasteiger partial charge in [-0.25, -0.2) is 0 Å². The largest absolute Gasteiger partial charge is 0.173 e. The van der Waals surface area contributed by atoms with Crippen LogP contribution in [0.5, 0.6) is 0 Å². The topological polar surface area (TPSA) is 22.9 Å². The Hall–Kier alpha value is -0.120. The van der Waals surface area contributed by atoms with Crippen molar-refractivity contribution in [2.75, 3.05) is 20.8 Å². The van der Waals surface area contributed by atoms with Crippen LogP contribution in [0, 0.1) is 0 Å². The van der Waals surface area contributed by atoms with Crippen molar-refractivity contribution in [2.45, 2.75) is 6.92 Å². The summed E-state index contributed by atoms with van der Waals surface area (Å²) in [6.45, 7) is 2.80. The summed E-state index contributed by atoms with van der Waals surface area (Å²) in [4.78, 5) is 9.49. The summed E-state index contributed by atoms with van der Waals surface area (Å²) in [7, 11) is 3.20. The van der Waals surface area contributed by atoms with Gasteiger partial charge in [-0.2, -0.15) is 9.68 Å². The molecule has 0 aliphatic rings. The molecule has 0 heterocycles. The third-order valence-corrected chi connectivity index (χ3v) is 0.744. The first kappa shape index (κ1) is 6.88. The Kier molecular flexibility index (Phi) is 3.98. The summed E-state index contributed by atoms with van der Waals surface area (Å²) in [5, 5.41) is 0.681. The molecule has 3 nitrogen and oxygen atoms in total. The zero-order valence-corrected chi connectivity index (χ0v) is 5.02. The Morgan fingerprint density at radius 2 is 1.71 bits per heavy atom. The molecule has 1 N–H and O–H groups in total. The fourth-order valence-electron chi connectivity index (χ4n) is 0.372. The molecule has 0 saturated heterocycles. The van der Waals surface area contributed by atoms with Gasteiger partial charge in [-0.3, -0.25) is 0 Å². The number of hydrogen-bond acceptors (Lipinski definition) is 2. The zero-order valence-electron chi connectivity index (χ0n) is 5.02. The maximum atomic E-state index is 4.74. The van der Waals surface area contributed by atoms with Crippen LogP contribution in [0.15, 0.2) is 0 Å². The van der Waals surface area contributed by atoms with E-state index in [1.165, 1.54) is 0 Å². The molecule has 0 saturated carbocycles. The molecule has 0 aromatic heterocycles. The average Bonchev–Trinajstić information content (AvgIpc) is 1.72. The van der Waals surface area contributed by atoms with E-state index in [2.05, 4.69) is 0 Å². The predicted octanol–water partition coefficient (Wildman–Crippen LogP) is -0.986. The number of quaternary nitrogens is 1. The minimum Gasteiger partial charge on any atom is -0.173 e. The molecule has 0 aromatic carbocycles. The third-order valence-electron chi connectivity index (χ3n) is 0.744. The molecule has 0 aliphatic heterocycles. The maximum absolute atomic E-state index is 4.74. The molecule has 44 valence electrons. The second-order valence-electron chi connectivity index (χ2n) is 1.13. The van der Waals surface area contributed by atoms with Crippen molar-refractivity contribution in [2.24, 2.45) is 0 Å². The van der Waals surface area contributed by atoms with Crippen molar-refractivity contribution in [3.05, 3.63) is 0 Å². The van der Waals surface area contributed by atoms with E-state index in [0.29, 0.717) is 5.23 Å². The van der Waals surface area contributed by atoms with Gasteiger partial charge in [0.2, 0.25) is 0 Å². The van der Waals surface area contributed by atoms with Gasteiger partial charge in [0.15, 0.2) is 0 Å². The van der Waals surface area contributed by atoms with E-state index in [0.717, 1.165) is 6.54 Å². The first-order chi connectivity index (χ1) is 3.35. The monoisotopic (exact) mass is 106 g/mol. The first-order valence-electron chi connectivity index (χ1n) is 2.29. The maximum Gasteiger partial charge on any atom is 0.137 e. The molecular weight excluding hydrogens is 94.0 g/mol. The molecule has 7 heavy (non-hydrogen) atoms. The van der Waals surface area contributed by atoms with Gasteiger partial charge < -0.3 is 0 Å². The van der Waals surface area contributed by atoms with Crippen molar-refractivity contribution in [1.29, 1.82) is 0 Å². The molecule has 3 heteroatoms. The van der Waals surface area contributed by atoms with Crippen LogP contribution in [-0.2, 0) is 9.68 Å². The third kappa shape index (κ3) is 2.56. The van der Waals surface area contributed by atoms with Crippen molar-refractivity contribution in [3.63, 3.8) is 0 Å². The van der Waals surface area contributed by atoms with Gasteiger partial charge in [0, 0.05) is 0 Å². The van der Waals surface area contributed by atoms with Gasteiger partial charge in [0.1, 0.15) is 6.54 Å². The number of nitrogens with one attached hydrogen (secondary N) is 1. The highest BCUT2D eigenvalue weighted by atomic mass is 16.9. The lowest BCUT2D eigenvalue weighted by molar-refractivity contribution is -1.23. The molecule has 0 radical (unpaired) electrons. The van der Waals surface area contributed by atoms with Crippen LogP contribution in [0.25, 0.3) is 0 Å². The van der Waals surface area contributed by atoms with Crippen LogP contribution in [0.2, 0.25) is 0 Å². The zero-order chi connectivity index (χ0) is 5.70. The van der Waals surface area contributed by atoms with Gasteiger partial charge in [-0.05, 0) is 6.92 Å². The van der Waals surface area contributed by atoms with Crippen molar-refractivity contribution < 1.29 is 14.9 Å². The van der Waals surface area contributed by atoms with Gasteiger partial charge in [0.25, 0.3) is 0 Å². The van der Waals surface area contributed by atoms with Gasteiger partial charge >= 0.3 is 0 Å². The second kappa shape index (κ2) is 4.05. The van der Waals surface area contributed by atoms with E-state index in [1.54, 1.807) is 14.2 Å². The molecule has 0 aromatic rings. The Bertz CT molecular complexity index is 31.2. The van der Waals surface area contributed by atoms with E-state index in [-0.39, 0.29) is 0 Å². The van der Waals surface area contributed by atoms with Crippen LogP contribution in [-0.4, -0.2) is 20.8 Å². The lowest BCUT2D eigenvalue weighted by atomic mass is 10.8. The molecule has 0 atom stereocenters. The number of rotatable bonds is 3. The molecule has 0 amide bonds. The quantitative estimate of drug-likeness (QED) is 0.467. The minimum absolute atomic E-state index is 0.681. The average molecular weight is 106 g/mol. The fourth-order valence-corrected chi connectivity index (χ4v) is 0.372. The Morgan fingerprint density at radius 3 is 1.71 bits per heavy atom. The summed E-state index contributed by atoms with van der Waals surface area (Å²) < 4.78 is 0. The van der Waals surface area contributed by atoms with Crippen LogP contribution in [0.4, 0.5) is 0 Å². The summed E-state index contributed by atoms with van der Waals surface area (Å²) in [5.41, 5.74) is 0. The number of hydroxylamine groups is 2. The summed E-state index contributed by atoms with van der Waals surface area (Å²) in [6.07, 6.45) is 0. The van der Waals surface area contributed by atoms with Gasteiger partial charge in [-0.15, -0.1) is 0 Å². The second-order valence-corrected chi connectivity index (χ2v) is 1.13. The lowest BCUT2D eigenvalue weighted by Gasteiger charge is -2.05. The molecular formula is C4H12NO2+. The van der Waals surface area contributed by atoms with E-state index < -0.39 is 0 Å². The highest BCUT2D eigenvalue weighted by Crippen LogP contribution is 1.44. The van der Waals surface area contributed by atoms with Crippen LogP contribution in [0.1, 0.15) is 6.92 Å². The molecule has 0 bridgehead atoms. The minimum atomic E-state index is 0.681. The standard InChI is InChI=1S/C4H11NO2/c1-4-5(6-2)7-3/h4H2,1-3H3/p+1. The van der Waals surface area contributed by atoms with Crippen molar-refractivity contribution in [1.82, 2.24) is 0 Å². The van der Waals surface area contributed by atoms with Crippen LogP contribution in [0.3, 0.4) is 0 Å². The molecule has 0 rings (SSSR count). The normalized spacial score (nSPS) is 10.3. The fraction of sp³-hybridized carbons (Fsp3) is 1.00. The Morgan fingerprint density at radius 1 is 1.29 bits per heavy atom. The molecule has 0 unspecified atom stereocenters. The SMILES string of the molecule is CC[NH+](OC)OC. The molecule has 0 spiro atoms. The smallest absolute Gasteiger partial charge is 0.137 e. The summed E-state index contributed by atoms with van der Waals surface area (Å²) >= 11 is 0.